The molecule has 8 heteroatoms. The van der Waals surface area contributed by atoms with Crippen LogP contribution < -0.4 is 4.72 Å². The number of thiazole rings is 1. The van der Waals surface area contributed by atoms with Gasteiger partial charge in [-0.3, -0.25) is 4.72 Å². The van der Waals surface area contributed by atoms with Crippen LogP contribution in [0.5, 0.6) is 0 Å². The van der Waals surface area contributed by atoms with Gasteiger partial charge in [0.15, 0.2) is 5.13 Å². The molecule has 1 N–H and O–H groups in total. The zero-order valence-electron chi connectivity index (χ0n) is 10.2. The lowest BCUT2D eigenvalue weighted by molar-refractivity contribution is 0.601. The van der Waals surface area contributed by atoms with Gasteiger partial charge >= 0.3 is 0 Å². The molecule has 0 saturated carbocycles. The molecule has 0 radical (unpaired) electrons. The molecule has 0 amide bonds. The number of hydrogen-bond donors (Lipinski definition) is 1. The van der Waals surface area contributed by atoms with Crippen LogP contribution in [-0.4, -0.2) is 13.4 Å². The Kier molecular flexibility index (Phi) is 3.79. The lowest BCUT2D eigenvalue weighted by Crippen LogP contribution is -2.12. The number of nitrogens with one attached hydrogen (secondary N) is 1. The van der Waals surface area contributed by atoms with Crippen LogP contribution in [0.1, 0.15) is 17.0 Å². The van der Waals surface area contributed by atoms with Gasteiger partial charge in [0, 0.05) is 9.35 Å². The average Bonchev–Trinajstić information content (AvgIpc) is 2.92. The maximum atomic E-state index is 12.3. The zero-order chi connectivity index (χ0) is 14.3. The van der Waals surface area contributed by atoms with Crippen LogP contribution in [0, 0.1) is 0 Å². The maximum Gasteiger partial charge on any atom is 0.263 e. The van der Waals surface area contributed by atoms with Crippen molar-refractivity contribution in [2.45, 2.75) is 24.2 Å². The van der Waals surface area contributed by atoms with Crippen molar-refractivity contribution in [3.8, 4) is 0 Å². The second-order valence-electron chi connectivity index (χ2n) is 4.42. The van der Waals surface area contributed by atoms with Crippen molar-refractivity contribution < 1.29 is 8.42 Å². The van der Waals surface area contributed by atoms with E-state index in [-0.39, 0.29) is 4.90 Å². The van der Waals surface area contributed by atoms with Gasteiger partial charge in [0.25, 0.3) is 10.0 Å². The summed E-state index contributed by atoms with van der Waals surface area (Å²) in [6, 6.07) is 4.49. The van der Waals surface area contributed by atoms with Gasteiger partial charge in [-0.25, -0.2) is 13.4 Å². The molecule has 1 aromatic carbocycles. The molecule has 1 heterocycles. The first-order valence-corrected chi connectivity index (χ1v) is 9.39. The fraction of sp³-hybridized carbons (Fsp3) is 0.250. The fourth-order valence-electron chi connectivity index (χ4n) is 2.05. The normalized spacial score (nSPS) is 14.3. The van der Waals surface area contributed by atoms with Crippen LogP contribution in [0.3, 0.4) is 0 Å². The molecule has 0 fully saturated rings. The van der Waals surface area contributed by atoms with Gasteiger partial charge in [-0.15, -0.1) is 11.3 Å². The van der Waals surface area contributed by atoms with Crippen molar-refractivity contribution in [2.75, 3.05) is 4.72 Å². The molecule has 0 atom stereocenters. The Labute approximate surface area is 134 Å². The van der Waals surface area contributed by atoms with E-state index in [0.29, 0.717) is 14.6 Å². The van der Waals surface area contributed by atoms with Crippen LogP contribution in [0.15, 0.2) is 27.6 Å². The Morgan fingerprint density at radius 2 is 2.15 bits per heavy atom. The molecule has 1 aliphatic carbocycles. The molecule has 0 saturated heterocycles. The monoisotopic (exact) mass is 392 g/mol. The van der Waals surface area contributed by atoms with Crippen LogP contribution >= 0.6 is 38.9 Å². The Hall–Kier alpha value is -0.630. The number of rotatable bonds is 3. The summed E-state index contributed by atoms with van der Waals surface area (Å²) < 4.78 is 27.6. The largest absolute Gasteiger partial charge is 0.263 e. The van der Waals surface area contributed by atoms with E-state index < -0.39 is 10.0 Å². The number of nitrogens with zero attached hydrogens (tertiary/aromatic N) is 1. The molecule has 1 aliphatic rings. The van der Waals surface area contributed by atoms with Gasteiger partial charge in [0.1, 0.15) is 0 Å². The quantitative estimate of drug-likeness (QED) is 0.861. The van der Waals surface area contributed by atoms with Gasteiger partial charge in [0.05, 0.1) is 15.6 Å². The first-order chi connectivity index (χ1) is 9.45. The second kappa shape index (κ2) is 5.29. The number of halogens is 2. The zero-order valence-corrected chi connectivity index (χ0v) is 14.2. The van der Waals surface area contributed by atoms with E-state index in [4.69, 9.17) is 11.6 Å². The Morgan fingerprint density at radius 3 is 2.85 bits per heavy atom. The van der Waals surface area contributed by atoms with Gasteiger partial charge < -0.3 is 0 Å². The minimum atomic E-state index is -3.63. The van der Waals surface area contributed by atoms with Gasteiger partial charge in [0.2, 0.25) is 0 Å². The molecule has 106 valence electrons. The molecule has 20 heavy (non-hydrogen) atoms. The Balaban J connectivity index is 1.89. The first kappa shape index (κ1) is 14.3. The molecule has 3 rings (SSSR count). The number of anilines is 1. The van der Waals surface area contributed by atoms with E-state index in [2.05, 4.69) is 25.6 Å². The number of benzene rings is 1. The summed E-state index contributed by atoms with van der Waals surface area (Å²) in [6.45, 7) is 0. The van der Waals surface area contributed by atoms with E-state index in [1.54, 1.807) is 6.07 Å². The predicted molar refractivity (Wildman–Crippen MR) is 84.1 cm³/mol. The number of fused-ring (bicyclic) bond motifs is 1. The van der Waals surface area contributed by atoms with Crippen LogP contribution in [0.2, 0.25) is 5.02 Å². The molecule has 0 unspecified atom stereocenters. The lowest BCUT2D eigenvalue weighted by Gasteiger charge is -2.06. The summed E-state index contributed by atoms with van der Waals surface area (Å²) in [6.07, 6.45) is 3.02. The molecular formula is C12H10BrClN2O2S2. The Bertz CT molecular complexity index is 752. The number of aryl methyl sites for hydroxylation is 2. The van der Waals surface area contributed by atoms with Crippen molar-refractivity contribution in [1.82, 2.24) is 4.98 Å². The smallest absolute Gasteiger partial charge is 0.255 e. The van der Waals surface area contributed by atoms with E-state index in [1.165, 1.54) is 28.3 Å². The average molecular weight is 394 g/mol. The molecule has 4 nitrogen and oxygen atoms in total. The predicted octanol–water partition coefficient (Wildman–Crippen LogP) is 3.85. The first-order valence-electron chi connectivity index (χ1n) is 5.92. The number of hydrogen-bond acceptors (Lipinski definition) is 4. The van der Waals surface area contributed by atoms with E-state index in [1.807, 2.05) is 0 Å². The van der Waals surface area contributed by atoms with Crippen molar-refractivity contribution >= 4 is 54.0 Å². The summed E-state index contributed by atoms with van der Waals surface area (Å²) in [5, 5.41) is 0.901. The third kappa shape index (κ3) is 2.72. The summed E-state index contributed by atoms with van der Waals surface area (Å²) >= 11 is 10.5. The van der Waals surface area contributed by atoms with Crippen LogP contribution in [0.25, 0.3) is 0 Å². The van der Waals surface area contributed by atoms with Gasteiger partial charge in [-0.1, -0.05) is 11.6 Å². The summed E-state index contributed by atoms with van der Waals surface area (Å²) in [7, 11) is -3.63. The Morgan fingerprint density at radius 1 is 1.35 bits per heavy atom. The van der Waals surface area contributed by atoms with E-state index >= 15 is 0 Å². The SMILES string of the molecule is O=S(=O)(Nc1nc2c(s1)CCC2)c1ccc(Cl)c(Br)c1. The highest BCUT2D eigenvalue weighted by molar-refractivity contribution is 9.10. The standard InChI is InChI=1S/C12H10BrClN2O2S2/c13-8-6-7(4-5-9(8)14)20(17,18)16-12-15-10-2-1-3-11(10)19-12/h4-6H,1-3H2,(H,15,16). The minimum Gasteiger partial charge on any atom is -0.255 e. The second-order valence-corrected chi connectivity index (χ2v) is 8.45. The van der Waals surface area contributed by atoms with E-state index in [9.17, 15) is 8.42 Å². The van der Waals surface area contributed by atoms with Crippen molar-refractivity contribution in [1.29, 1.82) is 0 Å². The van der Waals surface area contributed by atoms with Crippen molar-refractivity contribution in [2.24, 2.45) is 0 Å². The lowest BCUT2D eigenvalue weighted by atomic mass is 10.4. The molecule has 0 aliphatic heterocycles. The topological polar surface area (TPSA) is 59.1 Å². The highest BCUT2D eigenvalue weighted by Crippen LogP contribution is 2.32. The maximum absolute atomic E-state index is 12.3. The third-order valence-corrected chi connectivity index (χ3v) is 6.77. The highest BCUT2D eigenvalue weighted by atomic mass is 79.9. The molecule has 2 aromatic rings. The summed E-state index contributed by atoms with van der Waals surface area (Å²) in [5.41, 5.74) is 1.02. The fourth-order valence-corrected chi connectivity index (χ4v) is 5.01. The minimum absolute atomic E-state index is 0.157. The molecular weight excluding hydrogens is 384 g/mol. The molecule has 0 spiro atoms. The number of aromatic nitrogens is 1. The van der Waals surface area contributed by atoms with Gasteiger partial charge in [-0.05, 0) is 53.4 Å². The van der Waals surface area contributed by atoms with Crippen molar-refractivity contribution in [3.63, 3.8) is 0 Å². The highest BCUT2D eigenvalue weighted by Gasteiger charge is 2.21. The summed E-state index contributed by atoms with van der Waals surface area (Å²) in [4.78, 5) is 5.67. The molecule has 1 aromatic heterocycles. The van der Waals surface area contributed by atoms with Crippen molar-refractivity contribution in [3.05, 3.63) is 38.3 Å². The summed E-state index contributed by atoms with van der Waals surface area (Å²) in [5.74, 6) is 0. The van der Waals surface area contributed by atoms with Crippen LogP contribution in [-0.2, 0) is 22.9 Å². The number of sulfonamides is 1. The van der Waals surface area contributed by atoms with E-state index in [0.717, 1.165) is 25.0 Å². The van der Waals surface area contributed by atoms with Gasteiger partial charge in [-0.2, -0.15) is 0 Å². The molecule has 0 bridgehead atoms. The van der Waals surface area contributed by atoms with Crippen LogP contribution in [0.4, 0.5) is 5.13 Å². The third-order valence-electron chi connectivity index (χ3n) is 3.02.